The van der Waals surface area contributed by atoms with Crippen molar-refractivity contribution in [3.63, 3.8) is 0 Å². The van der Waals surface area contributed by atoms with Gasteiger partial charge in [-0.25, -0.2) is 4.98 Å². The van der Waals surface area contributed by atoms with Gasteiger partial charge in [-0.15, -0.1) is 0 Å². The molecule has 2 aromatic carbocycles. The molecule has 0 spiro atoms. The summed E-state index contributed by atoms with van der Waals surface area (Å²) in [5, 5.41) is 6.67. The van der Waals surface area contributed by atoms with Crippen LogP contribution < -0.4 is 15.4 Å². The van der Waals surface area contributed by atoms with Gasteiger partial charge in [0.25, 0.3) is 0 Å². The molecule has 0 radical (unpaired) electrons. The topological polar surface area (TPSA) is 71.5 Å². The summed E-state index contributed by atoms with van der Waals surface area (Å²) in [5.74, 6) is 2.09. The van der Waals surface area contributed by atoms with E-state index in [1.54, 1.807) is 6.20 Å². The molecule has 2 N–H and O–H groups in total. The Bertz CT molecular complexity index is 1140. The molecule has 2 heterocycles. The number of hydrogen-bond donors (Lipinski definition) is 2. The molecule has 33 heavy (non-hydrogen) atoms. The fraction of sp³-hybridized carbons (Fsp3) is 0.308. The Balaban J connectivity index is 1.19. The summed E-state index contributed by atoms with van der Waals surface area (Å²) in [4.78, 5) is 11.3. The van der Waals surface area contributed by atoms with E-state index in [-0.39, 0.29) is 0 Å². The Morgan fingerprint density at radius 3 is 2.82 bits per heavy atom. The monoisotopic (exact) mass is 443 g/mol. The number of nitrogens with one attached hydrogen (secondary N) is 2. The van der Waals surface area contributed by atoms with Gasteiger partial charge >= 0.3 is 0 Å². The van der Waals surface area contributed by atoms with Gasteiger partial charge in [0.15, 0.2) is 0 Å². The lowest BCUT2D eigenvalue weighted by atomic mass is 10.1. The van der Waals surface area contributed by atoms with E-state index in [1.807, 2.05) is 30.3 Å². The summed E-state index contributed by atoms with van der Waals surface area (Å²) >= 11 is 0. The van der Waals surface area contributed by atoms with E-state index < -0.39 is 0 Å². The molecule has 7 nitrogen and oxygen atoms in total. The Kier molecular flexibility index (Phi) is 6.51. The van der Waals surface area contributed by atoms with E-state index in [9.17, 15) is 0 Å². The molecule has 0 unspecified atom stereocenters. The maximum atomic E-state index is 5.95. The molecular formula is C26H29N5O2. The minimum atomic E-state index is 0.530. The Labute approximate surface area is 194 Å². The van der Waals surface area contributed by atoms with Gasteiger partial charge in [0, 0.05) is 43.3 Å². The molecule has 1 aliphatic heterocycles. The molecule has 7 heteroatoms. The zero-order valence-corrected chi connectivity index (χ0v) is 18.9. The summed E-state index contributed by atoms with van der Waals surface area (Å²) in [6.45, 7) is 7.25. The lowest BCUT2D eigenvalue weighted by Gasteiger charge is -2.26. The molecule has 0 saturated carbocycles. The molecular weight excluding hydrogens is 414 g/mol. The van der Waals surface area contributed by atoms with Crippen molar-refractivity contribution in [1.82, 2.24) is 14.9 Å². The van der Waals surface area contributed by atoms with Gasteiger partial charge in [-0.3, -0.25) is 4.90 Å². The number of ether oxygens (including phenoxy) is 2. The number of anilines is 4. The zero-order valence-electron chi connectivity index (χ0n) is 18.9. The van der Waals surface area contributed by atoms with Crippen molar-refractivity contribution in [1.29, 1.82) is 0 Å². The number of rotatable bonds is 8. The van der Waals surface area contributed by atoms with Gasteiger partial charge in [-0.05, 0) is 54.8 Å². The fourth-order valence-electron chi connectivity index (χ4n) is 4.13. The molecule has 0 atom stereocenters. The van der Waals surface area contributed by atoms with Crippen LogP contribution in [0.2, 0.25) is 0 Å². The first kappa shape index (κ1) is 21.4. The van der Waals surface area contributed by atoms with Gasteiger partial charge < -0.3 is 20.1 Å². The van der Waals surface area contributed by atoms with Crippen molar-refractivity contribution in [3.05, 3.63) is 71.4 Å². The van der Waals surface area contributed by atoms with Crippen LogP contribution in [0.3, 0.4) is 0 Å². The minimum Gasteiger partial charge on any atom is -0.492 e. The van der Waals surface area contributed by atoms with E-state index in [0.29, 0.717) is 12.6 Å². The lowest BCUT2D eigenvalue weighted by molar-refractivity contribution is 0.0322. The Morgan fingerprint density at radius 2 is 1.91 bits per heavy atom. The van der Waals surface area contributed by atoms with Crippen molar-refractivity contribution >= 4 is 29.2 Å². The second-order valence-corrected chi connectivity index (χ2v) is 8.43. The van der Waals surface area contributed by atoms with Crippen molar-refractivity contribution in [3.8, 4) is 5.75 Å². The molecule has 1 aliphatic carbocycles. The number of morpholine rings is 1. The second-order valence-electron chi connectivity index (χ2n) is 8.43. The highest BCUT2D eigenvalue weighted by atomic mass is 16.5. The van der Waals surface area contributed by atoms with Gasteiger partial charge in [0.2, 0.25) is 5.95 Å². The average molecular weight is 444 g/mol. The maximum absolute atomic E-state index is 5.95. The van der Waals surface area contributed by atoms with Crippen LogP contribution in [0.15, 0.2) is 60.3 Å². The van der Waals surface area contributed by atoms with Crippen LogP contribution in [0.1, 0.15) is 18.1 Å². The molecule has 1 aromatic heterocycles. The van der Waals surface area contributed by atoms with E-state index in [4.69, 9.17) is 9.47 Å². The first-order valence-corrected chi connectivity index (χ1v) is 11.4. The third-order valence-corrected chi connectivity index (χ3v) is 5.82. The van der Waals surface area contributed by atoms with Crippen molar-refractivity contribution in [2.24, 2.45) is 0 Å². The third kappa shape index (κ3) is 5.69. The maximum Gasteiger partial charge on any atom is 0.229 e. The van der Waals surface area contributed by atoms with E-state index in [1.165, 1.54) is 16.7 Å². The third-order valence-electron chi connectivity index (χ3n) is 5.82. The summed E-state index contributed by atoms with van der Waals surface area (Å²) in [5.41, 5.74) is 5.93. The average Bonchev–Trinajstić information content (AvgIpc) is 3.20. The Morgan fingerprint density at radius 1 is 1.03 bits per heavy atom. The fourth-order valence-corrected chi connectivity index (χ4v) is 4.13. The van der Waals surface area contributed by atoms with Gasteiger partial charge in [0.05, 0.1) is 13.2 Å². The van der Waals surface area contributed by atoms with E-state index in [2.05, 4.69) is 56.7 Å². The van der Waals surface area contributed by atoms with Crippen molar-refractivity contribution in [2.75, 3.05) is 50.1 Å². The van der Waals surface area contributed by atoms with Gasteiger partial charge in [-0.1, -0.05) is 23.8 Å². The summed E-state index contributed by atoms with van der Waals surface area (Å²) < 4.78 is 11.3. The first-order valence-electron chi connectivity index (χ1n) is 11.4. The van der Waals surface area contributed by atoms with Crippen molar-refractivity contribution < 1.29 is 9.47 Å². The molecule has 1 fully saturated rings. The molecule has 2 aliphatic rings. The predicted octanol–water partition coefficient (Wildman–Crippen LogP) is 4.63. The SMILES string of the molecule is CC1=Cc2cc(Nc3ccnc(Nc4cccc(OCCN5CCOCC5)c4)n3)ccc2C1. The number of benzene rings is 2. The van der Waals surface area contributed by atoms with Crippen LogP contribution in [-0.4, -0.2) is 54.3 Å². The summed E-state index contributed by atoms with van der Waals surface area (Å²) in [7, 11) is 0. The van der Waals surface area contributed by atoms with Crippen LogP contribution in [-0.2, 0) is 11.2 Å². The van der Waals surface area contributed by atoms with E-state index in [0.717, 1.165) is 62.2 Å². The zero-order chi connectivity index (χ0) is 22.5. The van der Waals surface area contributed by atoms with E-state index >= 15 is 0 Å². The first-order chi connectivity index (χ1) is 16.2. The van der Waals surface area contributed by atoms with Gasteiger partial charge in [-0.2, -0.15) is 4.98 Å². The molecule has 1 saturated heterocycles. The number of aromatic nitrogens is 2. The highest BCUT2D eigenvalue weighted by molar-refractivity contribution is 5.70. The minimum absolute atomic E-state index is 0.530. The molecule has 3 aromatic rings. The molecule has 0 amide bonds. The van der Waals surface area contributed by atoms with Crippen LogP contribution in [0, 0.1) is 0 Å². The lowest BCUT2D eigenvalue weighted by Crippen LogP contribution is -2.38. The number of allylic oxidation sites excluding steroid dienone is 1. The Hall–Kier alpha value is -3.42. The van der Waals surface area contributed by atoms with Crippen LogP contribution in [0.5, 0.6) is 5.75 Å². The highest BCUT2D eigenvalue weighted by Gasteiger charge is 2.11. The predicted molar refractivity (Wildman–Crippen MR) is 132 cm³/mol. The molecule has 5 rings (SSSR count). The molecule has 0 bridgehead atoms. The summed E-state index contributed by atoms with van der Waals surface area (Å²) in [6.07, 6.45) is 5.02. The number of nitrogens with zero attached hydrogens (tertiary/aromatic N) is 3. The molecule has 170 valence electrons. The quantitative estimate of drug-likeness (QED) is 0.526. The van der Waals surface area contributed by atoms with Crippen LogP contribution in [0.25, 0.3) is 6.08 Å². The number of hydrogen-bond acceptors (Lipinski definition) is 7. The van der Waals surface area contributed by atoms with Crippen LogP contribution in [0.4, 0.5) is 23.1 Å². The number of fused-ring (bicyclic) bond motifs is 1. The highest BCUT2D eigenvalue weighted by Crippen LogP contribution is 2.28. The standard InChI is InChI=1S/C26H29N5O2/c1-19-15-20-5-6-23(17-21(20)16-19)28-25-7-8-27-26(30-25)29-22-3-2-4-24(18-22)33-14-11-31-9-12-32-13-10-31/h2-8,16-18H,9-15H2,1H3,(H2,27,28,29,30). The van der Waals surface area contributed by atoms with Crippen molar-refractivity contribution in [2.45, 2.75) is 13.3 Å². The second kappa shape index (κ2) is 10.0. The van der Waals surface area contributed by atoms with Crippen LogP contribution >= 0.6 is 0 Å². The smallest absolute Gasteiger partial charge is 0.229 e. The van der Waals surface area contributed by atoms with Gasteiger partial charge in [0.1, 0.15) is 18.2 Å². The largest absolute Gasteiger partial charge is 0.492 e. The normalized spacial score (nSPS) is 15.6. The summed E-state index contributed by atoms with van der Waals surface area (Å²) in [6, 6.07) is 16.2.